The van der Waals surface area contributed by atoms with Crippen LogP contribution in [0, 0.1) is 5.82 Å². The van der Waals surface area contributed by atoms with Gasteiger partial charge in [-0.1, -0.05) is 33.6 Å². The summed E-state index contributed by atoms with van der Waals surface area (Å²) in [5.74, 6) is -0.338. The van der Waals surface area contributed by atoms with Crippen molar-refractivity contribution >= 4 is 27.5 Å². The van der Waals surface area contributed by atoms with E-state index >= 15 is 0 Å². The summed E-state index contributed by atoms with van der Waals surface area (Å²) in [6.45, 7) is 3.54. The van der Waals surface area contributed by atoms with Crippen LogP contribution in [-0.2, 0) is 11.3 Å². The Morgan fingerprint density at radius 3 is 2.74 bits per heavy atom. The molecule has 0 bridgehead atoms. The molecule has 5 heteroatoms. The van der Waals surface area contributed by atoms with Crippen LogP contribution in [0.3, 0.4) is 0 Å². The molecule has 0 radical (unpaired) electrons. The Balaban J connectivity index is 1.80. The zero-order valence-electron chi connectivity index (χ0n) is 10.7. The number of hydrogen-bond donors (Lipinski definition) is 0. The van der Waals surface area contributed by atoms with Gasteiger partial charge in [0, 0.05) is 25.0 Å². The molecule has 2 rings (SSSR count). The molecule has 0 aliphatic carbocycles. The van der Waals surface area contributed by atoms with E-state index in [4.69, 9.17) is 16.3 Å². The van der Waals surface area contributed by atoms with E-state index in [-0.39, 0.29) is 10.8 Å². The highest BCUT2D eigenvalue weighted by atomic mass is 79.9. The van der Waals surface area contributed by atoms with Crippen LogP contribution < -0.4 is 0 Å². The zero-order valence-corrected chi connectivity index (χ0v) is 13.1. The molecule has 0 saturated carbocycles. The van der Waals surface area contributed by atoms with Crippen molar-refractivity contribution in [2.45, 2.75) is 25.5 Å². The second kappa shape index (κ2) is 7.58. The van der Waals surface area contributed by atoms with Crippen LogP contribution in [0.2, 0.25) is 5.02 Å². The first kappa shape index (κ1) is 15.2. The smallest absolute Gasteiger partial charge is 0.142 e. The lowest BCUT2D eigenvalue weighted by Gasteiger charge is -2.31. The van der Waals surface area contributed by atoms with Gasteiger partial charge in [-0.3, -0.25) is 4.90 Å². The fourth-order valence-corrected chi connectivity index (χ4v) is 2.65. The third-order valence-corrected chi connectivity index (χ3v) is 3.99. The van der Waals surface area contributed by atoms with Crippen molar-refractivity contribution in [1.82, 2.24) is 4.90 Å². The number of hydrogen-bond acceptors (Lipinski definition) is 2. The maximum atomic E-state index is 13.4. The second-order valence-corrected chi connectivity index (χ2v) is 5.98. The van der Waals surface area contributed by atoms with E-state index in [0.29, 0.717) is 6.10 Å². The summed E-state index contributed by atoms with van der Waals surface area (Å²) in [7, 11) is 0. The average molecular weight is 351 g/mol. The molecular weight excluding hydrogens is 333 g/mol. The van der Waals surface area contributed by atoms with Gasteiger partial charge in [0.15, 0.2) is 0 Å². The maximum absolute atomic E-state index is 13.4. The van der Waals surface area contributed by atoms with Crippen LogP contribution in [-0.4, -0.2) is 36.0 Å². The number of likely N-dealkylation sites (tertiary alicyclic amines) is 1. The number of halogens is 3. The van der Waals surface area contributed by atoms with E-state index in [1.165, 1.54) is 6.07 Å². The highest BCUT2D eigenvalue weighted by molar-refractivity contribution is 9.09. The fraction of sp³-hybridized carbons (Fsp3) is 0.571. The standard InChI is InChI=1S/C14H18BrClFNO/c15-5-8-19-12-3-6-18(7-4-12)10-11-1-2-13(16)14(17)9-11/h1-2,9,12H,3-8,10H2. The van der Waals surface area contributed by atoms with Crippen LogP contribution in [0.25, 0.3) is 0 Å². The largest absolute Gasteiger partial charge is 0.377 e. The number of alkyl halides is 1. The van der Waals surface area contributed by atoms with E-state index in [0.717, 1.165) is 50.0 Å². The molecule has 0 atom stereocenters. The molecule has 0 N–H and O–H groups in total. The quantitative estimate of drug-likeness (QED) is 0.748. The molecule has 19 heavy (non-hydrogen) atoms. The monoisotopic (exact) mass is 349 g/mol. The van der Waals surface area contributed by atoms with Crippen LogP contribution in [0.1, 0.15) is 18.4 Å². The first-order valence-electron chi connectivity index (χ1n) is 6.53. The highest BCUT2D eigenvalue weighted by Gasteiger charge is 2.19. The fourth-order valence-electron chi connectivity index (χ4n) is 2.34. The lowest BCUT2D eigenvalue weighted by atomic mass is 10.1. The van der Waals surface area contributed by atoms with Crippen molar-refractivity contribution in [2.75, 3.05) is 25.0 Å². The molecule has 1 aliphatic heterocycles. The van der Waals surface area contributed by atoms with Gasteiger partial charge in [0.1, 0.15) is 5.82 Å². The molecule has 1 heterocycles. The Labute approximate surface area is 127 Å². The van der Waals surface area contributed by atoms with E-state index < -0.39 is 0 Å². The third kappa shape index (κ3) is 4.71. The topological polar surface area (TPSA) is 12.5 Å². The Hall–Kier alpha value is -0.160. The summed E-state index contributed by atoms with van der Waals surface area (Å²) >= 11 is 9.05. The minimum absolute atomic E-state index is 0.186. The molecule has 1 fully saturated rings. The number of nitrogens with zero attached hydrogens (tertiary/aromatic N) is 1. The first-order chi connectivity index (χ1) is 9.19. The van der Waals surface area contributed by atoms with Crippen molar-refractivity contribution in [3.63, 3.8) is 0 Å². The molecule has 2 nitrogen and oxygen atoms in total. The molecule has 0 unspecified atom stereocenters. The normalized spacial score (nSPS) is 17.8. The Kier molecular flexibility index (Phi) is 6.07. The molecule has 0 amide bonds. The minimum Gasteiger partial charge on any atom is -0.377 e. The first-order valence-corrected chi connectivity index (χ1v) is 8.03. The lowest BCUT2D eigenvalue weighted by Crippen LogP contribution is -2.36. The van der Waals surface area contributed by atoms with Gasteiger partial charge < -0.3 is 4.74 Å². The van der Waals surface area contributed by atoms with Crippen molar-refractivity contribution in [3.8, 4) is 0 Å². The molecule has 0 aromatic heterocycles. The third-order valence-electron chi connectivity index (χ3n) is 3.36. The SMILES string of the molecule is Fc1cc(CN2CCC(OCCBr)CC2)ccc1Cl. The summed E-state index contributed by atoms with van der Waals surface area (Å²) in [5, 5.41) is 1.07. The van der Waals surface area contributed by atoms with Crippen molar-refractivity contribution in [3.05, 3.63) is 34.6 Å². The second-order valence-electron chi connectivity index (χ2n) is 4.78. The molecule has 106 valence electrons. The zero-order chi connectivity index (χ0) is 13.7. The molecule has 1 aromatic rings. The number of ether oxygens (including phenoxy) is 1. The molecule has 1 saturated heterocycles. The predicted molar refractivity (Wildman–Crippen MR) is 79.5 cm³/mol. The molecular formula is C14H18BrClFNO. The van der Waals surface area contributed by atoms with Gasteiger partial charge >= 0.3 is 0 Å². The Morgan fingerprint density at radius 2 is 2.11 bits per heavy atom. The maximum Gasteiger partial charge on any atom is 0.142 e. The van der Waals surface area contributed by atoms with E-state index in [1.54, 1.807) is 6.07 Å². The van der Waals surface area contributed by atoms with Gasteiger partial charge in [-0.2, -0.15) is 0 Å². The van der Waals surface area contributed by atoms with Crippen LogP contribution >= 0.6 is 27.5 Å². The van der Waals surface area contributed by atoms with Crippen molar-refractivity contribution in [2.24, 2.45) is 0 Å². The van der Waals surface area contributed by atoms with Crippen molar-refractivity contribution in [1.29, 1.82) is 0 Å². The minimum atomic E-state index is -0.338. The van der Waals surface area contributed by atoms with Gasteiger partial charge in [-0.25, -0.2) is 4.39 Å². The van der Waals surface area contributed by atoms with Crippen LogP contribution in [0.4, 0.5) is 4.39 Å². The summed E-state index contributed by atoms with van der Waals surface area (Å²) in [4.78, 5) is 2.33. The molecule has 0 spiro atoms. The van der Waals surface area contributed by atoms with E-state index in [2.05, 4.69) is 20.8 Å². The molecule has 1 aromatic carbocycles. The van der Waals surface area contributed by atoms with Crippen molar-refractivity contribution < 1.29 is 9.13 Å². The highest BCUT2D eigenvalue weighted by Crippen LogP contribution is 2.19. The van der Waals surface area contributed by atoms with Gasteiger partial charge in [-0.05, 0) is 30.5 Å². The van der Waals surface area contributed by atoms with Gasteiger partial charge in [-0.15, -0.1) is 0 Å². The number of rotatable bonds is 5. The molecule has 1 aliphatic rings. The van der Waals surface area contributed by atoms with Gasteiger partial charge in [0.25, 0.3) is 0 Å². The van der Waals surface area contributed by atoms with E-state index in [1.807, 2.05) is 6.07 Å². The van der Waals surface area contributed by atoms with Crippen LogP contribution in [0.15, 0.2) is 18.2 Å². The predicted octanol–water partition coefficient (Wildman–Crippen LogP) is 3.86. The van der Waals surface area contributed by atoms with Gasteiger partial charge in [0.05, 0.1) is 17.7 Å². The summed E-state index contributed by atoms with van der Waals surface area (Å²) < 4.78 is 19.1. The lowest BCUT2D eigenvalue weighted by molar-refractivity contribution is 0.0141. The summed E-state index contributed by atoms with van der Waals surface area (Å²) in [6.07, 6.45) is 2.46. The summed E-state index contributed by atoms with van der Waals surface area (Å²) in [6, 6.07) is 5.03. The van der Waals surface area contributed by atoms with E-state index in [9.17, 15) is 4.39 Å². The average Bonchev–Trinajstić information content (AvgIpc) is 2.42. The van der Waals surface area contributed by atoms with Gasteiger partial charge in [0.2, 0.25) is 0 Å². The summed E-state index contributed by atoms with van der Waals surface area (Å²) in [5.41, 5.74) is 0.974. The van der Waals surface area contributed by atoms with Crippen LogP contribution in [0.5, 0.6) is 0 Å². The Morgan fingerprint density at radius 1 is 1.37 bits per heavy atom. The number of benzene rings is 1. The Bertz CT molecular complexity index is 410. The number of piperidine rings is 1.